The first-order valence-electron chi connectivity index (χ1n) is 9.50. The number of nitrogens with zero attached hydrogens (tertiary/aromatic N) is 2. The molecule has 0 aliphatic carbocycles. The number of aromatic nitrogens is 1. The van der Waals surface area contributed by atoms with Gasteiger partial charge < -0.3 is 20.3 Å². The summed E-state index contributed by atoms with van der Waals surface area (Å²) in [5.74, 6) is 1.42. The van der Waals surface area contributed by atoms with Crippen molar-refractivity contribution >= 4 is 17.5 Å². The zero-order valence-electron chi connectivity index (χ0n) is 16.3. The van der Waals surface area contributed by atoms with Gasteiger partial charge in [-0.15, -0.1) is 0 Å². The Labute approximate surface area is 160 Å². The number of morpholine rings is 1. The molecule has 0 spiro atoms. The number of hydrogen-bond acceptors (Lipinski definition) is 5. The molecule has 1 fully saturated rings. The summed E-state index contributed by atoms with van der Waals surface area (Å²) in [4.78, 5) is 19.8. The molecule has 3 rings (SSSR count). The van der Waals surface area contributed by atoms with Crippen LogP contribution in [-0.4, -0.2) is 43.7 Å². The van der Waals surface area contributed by atoms with Crippen LogP contribution in [0, 0.1) is 13.8 Å². The van der Waals surface area contributed by atoms with Crippen LogP contribution in [0.1, 0.15) is 34.0 Å². The van der Waals surface area contributed by atoms with Crippen LogP contribution in [0.4, 0.5) is 11.6 Å². The molecular weight excluding hydrogens is 340 g/mol. The minimum absolute atomic E-state index is 0.106. The third-order valence-electron chi connectivity index (χ3n) is 4.68. The number of carbonyl (C=O) groups is 1. The maximum atomic E-state index is 12.9. The van der Waals surface area contributed by atoms with E-state index in [2.05, 4.69) is 34.6 Å². The molecular formula is C21H28N4O2. The molecule has 1 amide bonds. The average Bonchev–Trinajstić information content (AvgIpc) is 2.68. The average molecular weight is 368 g/mol. The van der Waals surface area contributed by atoms with E-state index in [1.165, 1.54) is 5.56 Å². The maximum absolute atomic E-state index is 12.9. The lowest BCUT2D eigenvalue weighted by atomic mass is 10.1. The van der Waals surface area contributed by atoms with Gasteiger partial charge in [0.2, 0.25) is 0 Å². The molecule has 2 aromatic rings. The van der Waals surface area contributed by atoms with Gasteiger partial charge in [0.25, 0.3) is 5.91 Å². The van der Waals surface area contributed by atoms with Crippen LogP contribution in [0.15, 0.2) is 30.3 Å². The molecule has 0 unspecified atom stereocenters. The predicted molar refractivity (Wildman–Crippen MR) is 109 cm³/mol. The molecule has 1 aromatic heterocycles. The van der Waals surface area contributed by atoms with Crippen LogP contribution in [0.3, 0.4) is 0 Å². The van der Waals surface area contributed by atoms with Crippen LogP contribution in [0.25, 0.3) is 0 Å². The van der Waals surface area contributed by atoms with Gasteiger partial charge in [0.15, 0.2) is 0 Å². The molecule has 0 saturated carbocycles. The van der Waals surface area contributed by atoms with E-state index in [4.69, 9.17) is 9.72 Å². The minimum atomic E-state index is -0.106. The molecule has 6 nitrogen and oxygen atoms in total. The van der Waals surface area contributed by atoms with E-state index in [9.17, 15) is 4.79 Å². The molecule has 2 heterocycles. The summed E-state index contributed by atoms with van der Waals surface area (Å²) < 4.78 is 5.42. The number of amides is 1. The van der Waals surface area contributed by atoms with Gasteiger partial charge in [-0.05, 0) is 38.0 Å². The van der Waals surface area contributed by atoms with E-state index >= 15 is 0 Å². The Morgan fingerprint density at radius 3 is 2.56 bits per heavy atom. The Balaban J connectivity index is 1.79. The zero-order valence-corrected chi connectivity index (χ0v) is 16.3. The SMILES string of the molecule is CCNc1nc(N2CCOCC2)cc(C)c1C(=O)NCc1ccc(C)cc1. The molecule has 1 aromatic carbocycles. The highest BCUT2D eigenvalue weighted by atomic mass is 16.5. The van der Waals surface area contributed by atoms with Gasteiger partial charge in [0.05, 0.1) is 18.8 Å². The smallest absolute Gasteiger partial charge is 0.255 e. The lowest BCUT2D eigenvalue weighted by molar-refractivity contribution is 0.0950. The van der Waals surface area contributed by atoms with Gasteiger partial charge >= 0.3 is 0 Å². The quantitative estimate of drug-likeness (QED) is 0.821. The number of ether oxygens (including phenoxy) is 1. The summed E-state index contributed by atoms with van der Waals surface area (Å²) in [6.45, 7) is 10.3. The largest absolute Gasteiger partial charge is 0.378 e. The lowest BCUT2D eigenvalue weighted by Crippen LogP contribution is -2.37. The molecule has 27 heavy (non-hydrogen) atoms. The molecule has 1 aliphatic rings. The van der Waals surface area contributed by atoms with E-state index in [1.54, 1.807) is 0 Å². The number of pyridine rings is 1. The van der Waals surface area contributed by atoms with E-state index in [0.717, 1.165) is 30.0 Å². The van der Waals surface area contributed by atoms with Crippen LogP contribution >= 0.6 is 0 Å². The van der Waals surface area contributed by atoms with E-state index in [-0.39, 0.29) is 5.91 Å². The Bertz CT molecular complexity index is 784. The van der Waals surface area contributed by atoms with Crippen molar-refractivity contribution in [2.75, 3.05) is 43.1 Å². The van der Waals surface area contributed by atoms with Gasteiger partial charge in [-0.3, -0.25) is 4.79 Å². The fourth-order valence-corrected chi connectivity index (χ4v) is 3.17. The first kappa shape index (κ1) is 19.2. The van der Waals surface area contributed by atoms with Gasteiger partial charge in [-0.2, -0.15) is 0 Å². The summed E-state index contributed by atoms with van der Waals surface area (Å²) in [5.41, 5.74) is 3.82. The van der Waals surface area contributed by atoms with Crippen LogP contribution in [0.5, 0.6) is 0 Å². The van der Waals surface area contributed by atoms with Crippen molar-refractivity contribution < 1.29 is 9.53 Å². The second kappa shape index (κ2) is 8.86. The van der Waals surface area contributed by atoms with Crippen molar-refractivity contribution in [2.24, 2.45) is 0 Å². The van der Waals surface area contributed by atoms with Crippen LogP contribution in [-0.2, 0) is 11.3 Å². The van der Waals surface area contributed by atoms with Crippen LogP contribution in [0.2, 0.25) is 0 Å². The lowest BCUT2D eigenvalue weighted by Gasteiger charge is -2.29. The predicted octanol–water partition coefficient (Wildman–Crippen LogP) is 2.90. The number of anilines is 2. The van der Waals surface area contributed by atoms with E-state index in [1.807, 2.05) is 32.0 Å². The molecule has 0 radical (unpaired) electrons. The van der Waals surface area contributed by atoms with Crippen molar-refractivity contribution in [3.05, 3.63) is 52.6 Å². The first-order valence-corrected chi connectivity index (χ1v) is 9.50. The zero-order chi connectivity index (χ0) is 19.2. The Morgan fingerprint density at radius 1 is 1.19 bits per heavy atom. The normalized spacial score (nSPS) is 14.1. The number of benzene rings is 1. The highest BCUT2D eigenvalue weighted by Crippen LogP contribution is 2.24. The molecule has 1 saturated heterocycles. The van der Waals surface area contributed by atoms with Crippen molar-refractivity contribution in [3.63, 3.8) is 0 Å². The molecule has 6 heteroatoms. The van der Waals surface area contributed by atoms with Gasteiger partial charge in [-0.1, -0.05) is 29.8 Å². The summed E-state index contributed by atoms with van der Waals surface area (Å²) >= 11 is 0. The summed E-state index contributed by atoms with van der Waals surface area (Å²) in [6.07, 6.45) is 0. The second-order valence-electron chi connectivity index (χ2n) is 6.82. The third kappa shape index (κ3) is 4.77. The number of hydrogen-bond donors (Lipinski definition) is 2. The van der Waals surface area contributed by atoms with E-state index in [0.29, 0.717) is 37.7 Å². The van der Waals surface area contributed by atoms with Gasteiger partial charge in [0.1, 0.15) is 11.6 Å². The number of aryl methyl sites for hydroxylation is 2. The van der Waals surface area contributed by atoms with Crippen molar-refractivity contribution in [1.29, 1.82) is 0 Å². The molecule has 144 valence electrons. The second-order valence-corrected chi connectivity index (χ2v) is 6.82. The third-order valence-corrected chi connectivity index (χ3v) is 4.68. The summed E-state index contributed by atoms with van der Waals surface area (Å²) in [7, 11) is 0. The minimum Gasteiger partial charge on any atom is -0.378 e. The number of nitrogens with one attached hydrogen (secondary N) is 2. The monoisotopic (exact) mass is 368 g/mol. The highest BCUT2D eigenvalue weighted by Gasteiger charge is 2.20. The van der Waals surface area contributed by atoms with Crippen molar-refractivity contribution in [2.45, 2.75) is 27.3 Å². The first-order chi connectivity index (χ1) is 13.1. The highest BCUT2D eigenvalue weighted by molar-refractivity contribution is 6.00. The fraction of sp³-hybridized carbons (Fsp3) is 0.429. The molecule has 2 N–H and O–H groups in total. The molecule has 0 bridgehead atoms. The molecule has 0 atom stereocenters. The number of rotatable bonds is 6. The van der Waals surface area contributed by atoms with Crippen LogP contribution < -0.4 is 15.5 Å². The van der Waals surface area contributed by atoms with Crippen molar-refractivity contribution in [3.8, 4) is 0 Å². The fourth-order valence-electron chi connectivity index (χ4n) is 3.17. The van der Waals surface area contributed by atoms with Gasteiger partial charge in [0, 0.05) is 26.2 Å². The van der Waals surface area contributed by atoms with Gasteiger partial charge in [-0.25, -0.2) is 4.98 Å². The standard InChI is InChI=1S/C21H28N4O2/c1-4-22-20-19(21(26)23-14-17-7-5-15(2)6-8-17)16(3)13-18(24-20)25-9-11-27-12-10-25/h5-8,13H,4,9-12,14H2,1-3H3,(H,22,24)(H,23,26). The Kier molecular flexibility index (Phi) is 6.29. The summed E-state index contributed by atoms with van der Waals surface area (Å²) in [5, 5.41) is 6.27. The topological polar surface area (TPSA) is 66.5 Å². The summed E-state index contributed by atoms with van der Waals surface area (Å²) in [6, 6.07) is 10.2. The number of carbonyl (C=O) groups excluding carboxylic acids is 1. The Hall–Kier alpha value is -2.60. The maximum Gasteiger partial charge on any atom is 0.255 e. The Morgan fingerprint density at radius 2 is 1.89 bits per heavy atom. The van der Waals surface area contributed by atoms with Crippen molar-refractivity contribution in [1.82, 2.24) is 10.3 Å². The van der Waals surface area contributed by atoms with E-state index < -0.39 is 0 Å². The molecule has 1 aliphatic heterocycles.